The first-order valence-corrected chi connectivity index (χ1v) is 7.45. The van der Waals surface area contributed by atoms with Gasteiger partial charge < -0.3 is 0 Å². The van der Waals surface area contributed by atoms with E-state index < -0.39 is 0 Å². The number of thiophene rings is 1. The van der Waals surface area contributed by atoms with E-state index >= 15 is 0 Å². The van der Waals surface area contributed by atoms with Crippen LogP contribution in [-0.4, -0.2) is 22.8 Å². The van der Waals surface area contributed by atoms with Gasteiger partial charge in [-0.2, -0.15) is 0 Å². The van der Waals surface area contributed by atoms with Crippen LogP contribution in [0.15, 0.2) is 12.1 Å². The van der Waals surface area contributed by atoms with Gasteiger partial charge in [0, 0.05) is 27.7 Å². The van der Waals surface area contributed by atoms with E-state index in [0.717, 1.165) is 6.54 Å². The third-order valence-corrected chi connectivity index (χ3v) is 4.85. The largest absolute Gasteiger partial charge is 0.297 e. The summed E-state index contributed by atoms with van der Waals surface area (Å²) >= 11 is 5.69. The molecule has 0 spiro atoms. The van der Waals surface area contributed by atoms with Crippen LogP contribution < -0.4 is 0 Å². The Kier molecular flexibility index (Phi) is 4.23. The molecule has 0 N–H and O–H groups in total. The number of likely N-dealkylation sites (tertiary alicyclic amines) is 1. The Labute approximate surface area is 105 Å². The predicted molar refractivity (Wildman–Crippen MR) is 70.9 cm³/mol. The van der Waals surface area contributed by atoms with Crippen LogP contribution in [0.1, 0.15) is 29.5 Å². The molecule has 0 saturated carbocycles. The summed E-state index contributed by atoms with van der Waals surface area (Å²) in [6.45, 7) is 5.85. The lowest BCUT2D eigenvalue weighted by molar-refractivity contribution is 0.229. The molecule has 0 aliphatic carbocycles. The molecular weight excluding hydrogens is 270 g/mol. The summed E-state index contributed by atoms with van der Waals surface area (Å²) in [6.07, 6.45) is 3.84. The molecular formula is C12H18BrNS. The summed E-state index contributed by atoms with van der Waals surface area (Å²) in [5.41, 5.74) is 0. The van der Waals surface area contributed by atoms with Gasteiger partial charge in [-0.05, 0) is 37.9 Å². The summed E-state index contributed by atoms with van der Waals surface area (Å²) in [6, 6.07) is 4.57. The second-order valence-electron chi connectivity index (χ2n) is 4.20. The molecule has 0 amide bonds. The van der Waals surface area contributed by atoms with Crippen molar-refractivity contribution in [3.05, 3.63) is 21.9 Å². The Morgan fingerprint density at radius 2 is 2.27 bits per heavy atom. The van der Waals surface area contributed by atoms with Gasteiger partial charge in [-0.3, -0.25) is 4.90 Å². The van der Waals surface area contributed by atoms with Crippen molar-refractivity contribution in [1.82, 2.24) is 4.90 Å². The van der Waals surface area contributed by atoms with E-state index in [-0.39, 0.29) is 0 Å². The van der Waals surface area contributed by atoms with Gasteiger partial charge >= 0.3 is 0 Å². The van der Waals surface area contributed by atoms with Crippen molar-refractivity contribution >= 4 is 27.3 Å². The van der Waals surface area contributed by atoms with E-state index in [9.17, 15) is 0 Å². The number of rotatable bonds is 3. The second kappa shape index (κ2) is 5.46. The molecule has 1 unspecified atom stereocenters. The number of halogens is 1. The van der Waals surface area contributed by atoms with Gasteiger partial charge in [0.05, 0.1) is 0 Å². The minimum absolute atomic E-state index is 0.705. The highest BCUT2D eigenvalue weighted by molar-refractivity contribution is 9.09. The molecule has 2 rings (SSSR count). The Balaban J connectivity index is 1.90. The minimum Gasteiger partial charge on any atom is -0.297 e. The average molecular weight is 288 g/mol. The molecule has 3 heteroatoms. The van der Waals surface area contributed by atoms with Crippen molar-refractivity contribution in [1.29, 1.82) is 0 Å². The fraction of sp³-hybridized carbons (Fsp3) is 0.667. The van der Waals surface area contributed by atoms with Crippen molar-refractivity contribution < 1.29 is 0 Å². The molecule has 84 valence electrons. The zero-order chi connectivity index (χ0) is 10.7. The first kappa shape index (κ1) is 11.6. The van der Waals surface area contributed by atoms with Crippen LogP contribution in [0.5, 0.6) is 0 Å². The lowest BCUT2D eigenvalue weighted by atomic mass is 10.1. The Hall–Kier alpha value is 0.140. The molecule has 1 fully saturated rings. The summed E-state index contributed by atoms with van der Waals surface area (Å²) < 4.78 is 0. The molecule has 15 heavy (non-hydrogen) atoms. The molecule has 1 aromatic rings. The standard InChI is InChI=1S/C12H18BrNS/c1-2-11-5-6-12(15-11)9-14-7-3-4-10(13)8-14/h5-6,10H,2-4,7-9H2,1H3. The van der Waals surface area contributed by atoms with Gasteiger partial charge in [0.2, 0.25) is 0 Å². The number of nitrogens with zero attached hydrogens (tertiary/aromatic N) is 1. The van der Waals surface area contributed by atoms with Crippen LogP contribution >= 0.6 is 27.3 Å². The Bertz CT molecular complexity index is 310. The Morgan fingerprint density at radius 1 is 1.47 bits per heavy atom. The molecule has 1 aromatic heterocycles. The summed E-state index contributed by atoms with van der Waals surface area (Å²) in [4.78, 5) is 6.30. The molecule has 1 aliphatic rings. The van der Waals surface area contributed by atoms with Crippen molar-refractivity contribution in [3.8, 4) is 0 Å². The molecule has 1 saturated heterocycles. The van der Waals surface area contributed by atoms with Gasteiger partial charge in [0.25, 0.3) is 0 Å². The lowest BCUT2D eigenvalue weighted by Gasteiger charge is -2.29. The zero-order valence-corrected chi connectivity index (χ0v) is 11.6. The first-order chi connectivity index (χ1) is 7.28. The number of hydrogen-bond donors (Lipinski definition) is 0. The van der Waals surface area contributed by atoms with Crippen molar-refractivity contribution in [2.24, 2.45) is 0 Å². The number of aryl methyl sites for hydroxylation is 1. The predicted octanol–water partition coefficient (Wildman–Crippen LogP) is 3.67. The average Bonchev–Trinajstić information content (AvgIpc) is 2.65. The molecule has 0 bridgehead atoms. The molecule has 2 heterocycles. The lowest BCUT2D eigenvalue weighted by Crippen LogP contribution is -2.34. The normalized spacial score (nSPS) is 23.2. The number of piperidine rings is 1. The van der Waals surface area contributed by atoms with Gasteiger partial charge in [0.15, 0.2) is 0 Å². The van der Waals surface area contributed by atoms with Gasteiger partial charge in [-0.25, -0.2) is 0 Å². The summed E-state index contributed by atoms with van der Waals surface area (Å²) in [5.74, 6) is 0. The highest BCUT2D eigenvalue weighted by atomic mass is 79.9. The van der Waals surface area contributed by atoms with Crippen LogP contribution in [0.3, 0.4) is 0 Å². The van der Waals surface area contributed by atoms with Gasteiger partial charge in [-0.1, -0.05) is 22.9 Å². The molecule has 0 radical (unpaired) electrons. The van der Waals surface area contributed by atoms with E-state index in [2.05, 4.69) is 39.9 Å². The molecule has 1 atom stereocenters. The Morgan fingerprint density at radius 3 is 2.93 bits per heavy atom. The zero-order valence-electron chi connectivity index (χ0n) is 9.21. The first-order valence-electron chi connectivity index (χ1n) is 5.72. The maximum absolute atomic E-state index is 3.72. The van der Waals surface area contributed by atoms with Crippen molar-refractivity contribution in [2.45, 2.75) is 37.6 Å². The van der Waals surface area contributed by atoms with Crippen LogP contribution in [0, 0.1) is 0 Å². The van der Waals surface area contributed by atoms with E-state index in [1.54, 1.807) is 0 Å². The minimum atomic E-state index is 0.705. The molecule has 1 aliphatic heterocycles. The van der Waals surface area contributed by atoms with Crippen LogP contribution in [0.4, 0.5) is 0 Å². The molecule has 1 nitrogen and oxygen atoms in total. The van der Waals surface area contributed by atoms with Gasteiger partial charge in [-0.15, -0.1) is 11.3 Å². The maximum atomic E-state index is 3.72. The maximum Gasteiger partial charge on any atom is 0.0328 e. The highest BCUT2D eigenvalue weighted by Gasteiger charge is 2.17. The van der Waals surface area contributed by atoms with E-state index in [4.69, 9.17) is 0 Å². The summed E-state index contributed by atoms with van der Waals surface area (Å²) in [5, 5.41) is 0. The summed E-state index contributed by atoms with van der Waals surface area (Å²) in [7, 11) is 0. The van der Waals surface area contributed by atoms with E-state index in [0.29, 0.717) is 4.83 Å². The quantitative estimate of drug-likeness (QED) is 0.767. The number of alkyl halides is 1. The van der Waals surface area contributed by atoms with E-state index in [1.165, 1.54) is 42.1 Å². The van der Waals surface area contributed by atoms with Gasteiger partial charge in [0.1, 0.15) is 0 Å². The van der Waals surface area contributed by atoms with Crippen molar-refractivity contribution in [2.75, 3.05) is 13.1 Å². The fourth-order valence-electron chi connectivity index (χ4n) is 2.06. The second-order valence-corrected chi connectivity index (χ2v) is 6.74. The van der Waals surface area contributed by atoms with Crippen molar-refractivity contribution in [3.63, 3.8) is 0 Å². The van der Waals surface area contributed by atoms with Crippen LogP contribution in [0.2, 0.25) is 0 Å². The van der Waals surface area contributed by atoms with E-state index in [1.807, 2.05) is 11.3 Å². The molecule has 0 aromatic carbocycles. The topological polar surface area (TPSA) is 3.24 Å². The number of hydrogen-bond acceptors (Lipinski definition) is 2. The fourth-order valence-corrected chi connectivity index (χ4v) is 3.79. The monoisotopic (exact) mass is 287 g/mol. The van der Waals surface area contributed by atoms with Crippen LogP contribution in [0.25, 0.3) is 0 Å². The third-order valence-electron chi connectivity index (χ3n) is 2.89. The highest BCUT2D eigenvalue weighted by Crippen LogP contribution is 2.22. The van der Waals surface area contributed by atoms with Crippen LogP contribution in [-0.2, 0) is 13.0 Å². The third kappa shape index (κ3) is 3.30. The smallest absolute Gasteiger partial charge is 0.0328 e. The SMILES string of the molecule is CCc1ccc(CN2CCCC(Br)C2)s1.